The van der Waals surface area contributed by atoms with Crippen molar-refractivity contribution in [2.45, 2.75) is 19.5 Å². The van der Waals surface area contributed by atoms with Crippen LogP contribution in [0, 0.1) is 12.1 Å². The van der Waals surface area contributed by atoms with Crippen LogP contribution >= 0.6 is 23.2 Å². The van der Waals surface area contributed by atoms with Gasteiger partial charge >= 0.3 is 0 Å². The van der Waals surface area contributed by atoms with E-state index in [1.54, 1.807) is 43.5 Å². The van der Waals surface area contributed by atoms with E-state index in [2.05, 4.69) is 10.5 Å². The van der Waals surface area contributed by atoms with Crippen LogP contribution in [0.2, 0.25) is 10.0 Å². The first kappa shape index (κ1) is 17.3. The molecule has 24 heavy (non-hydrogen) atoms. The van der Waals surface area contributed by atoms with Crippen molar-refractivity contribution in [3.8, 4) is 0 Å². The monoisotopic (exact) mass is 367 g/mol. The summed E-state index contributed by atoms with van der Waals surface area (Å²) in [6, 6.07) is 9.58. The molecule has 0 spiro atoms. The number of nitrogens with zero attached hydrogens (tertiary/aromatic N) is 2. The molecule has 0 amide bonds. The van der Waals surface area contributed by atoms with Crippen LogP contribution in [0.3, 0.4) is 0 Å². The Bertz CT molecular complexity index is 759. The third-order valence-electron chi connectivity index (χ3n) is 3.93. The SMILES string of the molecule is Cc1cc([N+]2([O-])N=CCCN2)cc(Cl)c1C(F)c1ccc(Cl)cc1. The van der Waals surface area contributed by atoms with E-state index in [1.165, 1.54) is 6.07 Å². The summed E-state index contributed by atoms with van der Waals surface area (Å²) in [6.07, 6.45) is 0.865. The third-order valence-corrected chi connectivity index (χ3v) is 4.50. The van der Waals surface area contributed by atoms with E-state index in [9.17, 15) is 9.60 Å². The van der Waals surface area contributed by atoms with Crippen molar-refractivity contribution in [2.24, 2.45) is 5.10 Å². The first-order valence-corrected chi connectivity index (χ1v) is 8.26. The zero-order chi connectivity index (χ0) is 17.3. The number of quaternary nitrogens is 1. The molecule has 0 aliphatic carbocycles. The highest BCUT2D eigenvalue weighted by Crippen LogP contribution is 2.38. The van der Waals surface area contributed by atoms with Gasteiger partial charge in [0.25, 0.3) is 0 Å². The number of rotatable bonds is 3. The van der Waals surface area contributed by atoms with Crippen molar-refractivity contribution in [3.63, 3.8) is 0 Å². The minimum Gasteiger partial charge on any atom is -0.579 e. The Morgan fingerprint density at radius 3 is 2.54 bits per heavy atom. The van der Waals surface area contributed by atoms with E-state index in [0.29, 0.717) is 40.4 Å². The predicted molar refractivity (Wildman–Crippen MR) is 96.9 cm³/mol. The minimum absolute atomic E-state index is 0.198. The van der Waals surface area contributed by atoms with Gasteiger partial charge in [0.1, 0.15) is 0 Å². The van der Waals surface area contributed by atoms with Crippen molar-refractivity contribution < 1.29 is 4.39 Å². The third kappa shape index (κ3) is 3.31. The van der Waals surface area contributed by atoms with Gasteiger partial charge in [-0.2, -0.15) is 0 Å². The molecular weight excluding hydrogens is 352 g/mol. The summed E-state index contributed by atoms with van der Waals surface area (Å²) in [4.78, 5) is -1.04. The molecule has 7 heteroatoms. The van der Waals surface area contributed by atoms with Gasteiger partial charge in [-0.25, -0.2) is 4.39 Å². The number of halogens is 3. The molecule has 2 atom stereocenters. The molecule has 0 radical (unpaired) electrons. The summed E-state index contributed by atoms with van der Waals surface area (Å²) in [6.45, 7) is 2.25. The molecule has 1 aliphatic rings. The van der Waals surface area contributed by atoms with E-state index >= 15 is 0 Å². The number of aryl methyl sites for hydroxylation is 1. The van der Waals surface area contributed by atoms with Gasteiger partial charge < -0.3 is 5.21 Å². The smallest absolute Gasteiger partial charge is 0.181 e. The van der Waals surface area contributed by atoms with Crippen LogP contribution in [0.25, 0.3) is 0 Å². The fraction of sp³-hybridized carbons (Fsp3) is 0.235. The average Bonchev–Trinajstić information content (AvgIpc) is 2.55. The first-order chi connectivity index (χ1) is 11.4. The van der Waals surface area contributed by atoms with Gasteiger partial charge in [-0.15, -0.1) is 10.3 Å². The molecule has 1 N–H and O–H groups in total. The van der Waals surface area contributed by atoms with E-state index in [1.807, 2.05) is 0 Å². The number of alkyl halides is 1. The second-order valence-electron chi connectivity index (χ2n) is 5.64. The Morgan fingerprint density at radius 1 is 1.25 bits per heavy atom. The summed E-state index contributed by atoms with van der Waals surface area (Å²) in [5, 5.41) is 17.3. The van der Waals surface area contributed by atoms with Crippen LogP contribution in [0.1, 0.15) is 29.3 Å². The molecule has 4 nitrogen and oxygen atoms in total. The number of hydrogen-bond acceptors (Lipinski definition) is 3. The van der Waals surface area contributed by atoms with Crippen LogP contribution in [0.4, 0.5) is 10.1 Å². The maximum atomic E-state index is 14.9. The maximum Gasteiger partial charge on any atom is 0.181 e. The summed E-state index contributed by atoms with van der Waals surface area (Å²) in [7, 11) is 0. The number of nitrogens with one attached hydrogen (secondary N) is 1. The molecule has 0 saturated carbocycles. The second kappa shape index (κ2) is 6.78. The van der Waals surface area contributed by atoms with Crippen LogP contribution in [-0.2, 0) is 0 Å². The Balaban J connectivity index is 2.00. The molecule has 0 saturated heterocycles. The molecular formula is C17H16Cl2FN3O. The maximum absolute atomic E-state index is 14.9. The van der Waals surface area contributed by atoms with E-state index in [0.717, 1.165) is 0 Å². The van der Waals surface area contributed by atoms with Crippen molar-refractivity contribution >= 4 is 35.1 Å². The highest BCUT2D eigenvalue weighted by molar-refractivity contribution is 6.32. The highest BCUT2D eigenvalue weighted by atomic mass is 35.5. The molecule has 0 aromatic heterocycles. The lowest BCUT2D eigenvalue weighted by molar-refractivity contribution is 0.275. The summed E-state index contributed by atoms with van der Waals surface area (Å²) >= 11 is 12.1. The fourth-order valence-corrected chi connectivity index (χ4v) is 3.17. The van der Waals surface area contributed by atoms with Gasteiger partial charge in [0.05, 0.1) is 17.8 Å². The highest BCUT2D eigenvalue weighted by Gasteiger charge is 2.27. The molecule has 0 bridgehead atoms. The summed E-state index contributed by atoms with van der Waals surface area (Å²) in [5.74, 6) is 0. The lowest BCUT2D eigenvalue weighted by Crippen LogP contribution is -2.53. The first-order valence-electron chi connectivity index (χ1n) is 7.50. The van der Waals surface area contributed by atoms with Gasteiger partial charge in [-0.1, -0.05) is 40.4 Å². The number of benzene rings is 2. The standard InChI is InChI=1S/C17H16Cl2FN3O/c1-11-9-14(23(24)21-7-2-8-22-23)10-15(19)16(11)17(20)12-3-5-13(18)6-4-12/h3-7,9-10,17,22H,2,8H2,1H3. The van der Waals surface area contributed by atoms with Gasteiger partial charge in [0.2, 0.25) is 0 Å². The van der Waals surface area contributed by atoms with Gasteiger partial charge in [0.15, 0.2) is 11.9 Å². The Hall–Kier alpha value is -1.50. The molecule has 2 aromatic rings. The second-order valence-corrected chi connectivity index (χ2v) is 6.49. The fourth-order valence-electron chi connectivity index (χ4n) is 2.68. The summed E-state index contributed by atoms with van der Waals surface area (Å²) in [5.41, 5.74) is 4.48. The van der Waals surface area contributed by atoms with Gasteiger partial charge in [-0.3, -0.25) is 0 Å². The van der Waals surface area contributed by atoms with Gasteiger partial charge in [-0.05, 0) is 30.2 Å². The average molecular weight is 368 g/mol. The normalized spacial score (nSPS) is 21.7. The molecule has 126 valence electrons. The van der Waals surface area contributed by atoms with Crippen molar-refractivity contribution in [2.75, 3.05) is 6.54 Å². The molecule has 2 aromatic carbocycles. The Labute approximate surface area is 149 Å². The zero-order valence-electron chi connectivity index (χ0n) is 13.0. The quantitative estimate of drug-likeness (QED) is 0.608. The lowest BCUT2D eigenvalue weighted by Gasteiger charge is -2.36. The predicted octanol–water partition coefficient (Wildman–Crippen LogP) is 5.06. The van der Waals surface area contributed by atoms with Crippen LogP contribution in [0.15, 0.2) is 41.5 Å². The Morgan fingerprint density at radius 2 is 1.96 bits per heavy atom. The minimum atomic E-state index is -1.40. The molecule has 2 unspecified atom stereocenters. The largest absolute Gasteiger partial charge is 0.579 e. The molecule has 1 heterocycles. The lowest BCUT2D eigenvalue weighted by atomic mass is 9.98. The van der Waals surface area contributed by atoms with E-state index in [-0.39, 0.29) is 5.02 Å². The van der Waals surface area contributed by atoms with Crippen LogP contribution in [0.5, 0.6) is 0 Å². The zero-order valence-corrected chi connectivity index (χ0v) is 14.5. The van der Waals surface area contributed by atoms with Crippen LogP contribution in [-0.4, -0.2) is 12.8 Å². The van der Waals surface area contributed by atoms with E-state index < -0.39 is 11.0 Å². The van der Waals surface area contributed by atoms with Gasteiger partial charge in [0, 0.05) is 29.1 Å². The van der Waals surface area contributed by atoms with Crippen LogP contribution < -0.4 is 10.3 Å². The van der Waals surface area contributed by atoms with E-state index in [4.69, 9.17) is 23.2 Å². The number of hydrogen-bond donors (Lipinski definition) is 1. The summed E-state index contributed by atoms with van der Waals surface area (Å²) < 4.78 is 14.9. The topological polar surface area (TPSA) is 47.5 Å². The van der Waals surface area contributed by atoms with Crippen molar-refractivity contribution in [1.82, 2.24) is 10.3 Å². The van der Waals surface area contributed by atoms with Crippen molar-refractivity contribution in [1.29, 1.82) is 0 Å². The molecule has 0 fully saturated rings. The van der Waals surface area contributed by atoms with Crippen molar-refractivity contribution in [3.05, 3.63) is 68.3 Å². The molecule has 3 rings (SSSR count). The molecule has 1 aliphatic heterocycles. The Kier molecular flexibility index (Phi) is 4.90.